The van der Waals surface area contributed by atoms with E-state index in [0.29, 0.717) is 5.92 Å². The van der Waals surface area contributed by atoms with Gasteiger partial charge in [0, 0.05) is 13.2 Å². The second-order valence-corrected chi connectivity index (χ2v) is 5.38. The fourth-order valence-electron chi connectivity index (χ4n) is 2.19. The molecule has 0 heterocycles. The summed E-state index contributed by atoms with van der Waals surface area (Å²) in [5, 5.41) is 0. The Bertz CT molecular complexity index is 134. The summed E-state index contributed by atoms with van der Waals surface area (Å²) in [7, 11) is 0. The normalized spacial score (nSPS) is 28.3. The zero-order chi connectivity index (χ0) is 10.4. The van der Waals surface area contributed by atoms with Crippen LogP contribution in [-0.4, -0.2) is 13.2 Å². The fraction of sp³-hybridized carbons (Fsp3) is 1.00. The van der Waals surface area contributed by atoms with Crippen LogP contribution in [0.3, 0.4) is 0 Å². The third-order valence-electron chi connectivity index (χ3n) is 3.26. The van der Waals surface area contributed by atoms with Crippen molar-refractivity contribution in [3.8, 4) is 0 Å². The lowest BCUT2D eigenvalue weighted by Crippen LogP contribution is -2.15. The van der Waals surface area contributed by atoms with E-state index in [1.165, 1.54) is 32.1 Å². The van der Waals surface area contributed by atoms with Crippen LogP contribution < -0.4 is 0 Å². The molecule has 84 valence electrons. The summed E-state index contributed by atoms with van der Waals surface area (Å²) < 4.78 is 5.62. The second kappa shape index (κ2) is 6.44. The standard InChI is InChI=1S/C13H26O/c1-11(2)10-14-9-8-13-6-4-12(3)5-7-13/h11-13H,4-10H2,1-3H3. The predicted molar refractivity (Wildman–Crippen MR) is 61.4 cm³/mol. The Morgan fingerprint density at radius 2 is 1.79 bits per heavy atom. The van der Waals surface area contributed by atoms with Crippen molar-refractivity contribution in [3.63, 3.8) is 0 Å². The lowest BCUT2D eigenvalue weighted by molar-refractivity contribution is 0.0907. The van der Waals surface area contributed by atoms with Gasteiger partial charge < -0.3 is 4.74 Å². The molecule has 1 nitrogen and oxygen atoms in total. The number of rotatable bonds is 5. The topological polar surface area (TPSA) is 9.23 Å². The molecule has 1 rings (SSSR count). The molecule has 1 saturated carbocycles. The van der Waals surface area contributed by atoms with Crippen LogP contribution in [0.4, 0.5) is 0 Å². The van der Waals surface area contributed by atoms with Gasteiger partial charge in [-0.2, -0.15) is 0 Å². The largest absolute Gasteiger partial charge is 0.381 e. The molecular formula is C13H26O. The molecule has 14 heavy (non-hydrogen) atoms. The Morgan fingerprint density at radius 3 is 2.36 bits per heavy atom. The van der Waals surface area contributed by atoms with E-state index < -0.39 is 0 Å². The van der Waals surface area contributed by atoms with Crippen LogP contribution >= 0.6 is 0 Å². The van der Waals surface area contributed by atoms with Gasteiger partial charge in [-0.3, -0.25) is 0 Å². The van der Waals surface area contributed by atoms with E-state index in [1.54, 1.807) is 0 Å². The summed E-state index contributed by atoms with van der Waals surface area (Å²) in [6.45, 7) is 8.72. The van der Waals surface area contributed by atoms with Gasteiger partial charge in [-0.25, -0.2) is 0 Å². The van der Waals surface area contributed by atoms with Crippen molar-refractivity contribution in [3.05, 3.63) is 0 Å². The van der Waals surface area contributed by atoms with Crippen molar-refractivity contribution in [2.24, 2.45) is 17.8 Å². The van der Waals surface area contributed by atoms with Gasteiger partial charge in [0.05, 0.1) is 0 Å². The Labute approximate surface area is 89.2 Å². The second-order valence-electron chi connectivity index (χ2n) is 5.38. The highest BCUT2D eigenvalue weighted by molar-refractivity contribution is 4.69. The molecule has 0 aromatic rings. The van der Waals surface area contributed by atoms with Crippen LogP contribution in [0.1, 0.15) is 52.9 Å². The lowest BCUT2D eigenvalue weighted by atomic mass is 9.82. The monoisotopic (exact) mass is 198 g/mol. The van der Waals surface area contributed by atoms with Crippen LogP contribution in [0.5, 0.6) is 0 Å². The molecule has 0 N–H and O–H groups in total. The highest BCUT2D eigenvalue weighted by atomic mass is 16.5. The van der Waals surface area contributed by atoms with Gasteiger partial charge in [0.1, 0.15) is 0 Å². The van der Waals surface area contributed by atoms with Crippen LogP contribution in [0.2, 0.25) is 0 Å². The van der Waals surface area contributed by atoms with Crippen molar-refractivity contribution in [1.82, 2.24) is 0 Å². The molecular weight excluding hydrogens is 172 g/mol. The average Bonchev–Trinajstić information content (AvgIpc) is 2.15. The van der Waals surface area contributed by atoms with Crippen LogP contribution in [0, 0.1) is 17.8 Å². The number of ether oxygens (including phenoxy) is 1. The van der Waals surface area contributed by atoms with Gasteiger partial charge in [-0.15, -0.1) is 0 Å². The van der Waals surface area contributed by atoms with Crippen molar-refractivity contribution in [1.29, 1.82) is 0 Å². The van der Waals surface area contributed by atoms with Crippen LogP contribution in [0.25, 0.3) is 0 Å². The smallest absolute Gasteiger partial charge is 0.0488 e. The first-order valence-electron chi connectivity index (χ1n) is 6.26. The molecule has 0 aliphatic heterocycles. The SMILES string of the molecule is CC(C)COCCC1CCC(C)CC1. The minimum absolute atomic E-state index is 0.682. The molecule has 0 spiro atoms. The molecule has 0 amide bonds. The number of hydrogen-bond acceptors (Lipinski definition) is 1. The van der Waals surface area contributed by atoms with Gasteiger partial charge in [0.2, 0.25) is 0 Å². The van der Waals surface area contributed by atoms with Crippen LogP contribution in [-0.2, 0) is 4.74 Å². The van der Waals surface area contributed by atoms with Crippen LogP contribution in [0.15, 0.2) is 0 Å². The van der Waals surface area contributed by atoms with E-state index in [2.05, 4.69) is 20.8 Å². The van der Waals surface area contributed by atoms with Gasteiger partial charge in [0.15, 0.2) is 0 Å². The molecule has 0 saturated heterocycles. The quantitative estimate of drug-likeness (QED) is 0.609. The third kappa shape index (κ3) is 4.99. The molecule has 1 aliphatic carbocycles. The molecule has 1 heteroatoms. The van der Waals surface area contributed by atoms with Gasteiger partial charge in [0.25, 0.3) is 0 Å². The van der Waals surface area contributed by atoms with Crippen molar-refractivity contribution in [2.75, 3.05) is 13.2 Å². The summed E-state index contributed by atoms with van der Waals surface area (Å²) in [4.78, 5) is 0. The van der Waals surface area contributed by atoms with Crippen molar-refractivity contribution < 1.29 is 4.74 Å². The summed E-state index contributed by atoms with van der Waals surface area (Å²) in [5.74, 6) is 2.61. The van der Waals surface area contributed by atoms with E-state index in [0.717, 1.165) is 25.0 Å². The van der Waals surface area contributed by atoms with Crippen molar-refractivity contribution in [2.45, 2.75) is 52.9 Å². The first kappa shape index (κ1) is 12.0. The Hall–Kier alpha value is -0.0400. The van der Waals surface area contributed by atoms with E-state index in [-0.39, 0.29) is 0 Å². The molecule has 0 bridgehead atoms. The van der Waals surface area contributed by atoms with Crippen molar-refractivity contribution >= 4 is 0 Å². The third-order valence-corrected chi connectivity index (χ3v) is 3.26. The summed E-state index contributed by atoms with van der Waals surface area (Å²) in [6.07, 6.45) is 7.04. The molecule has 0 aromatic heterocycles. The van der Waals surface area contributed by atoms with E-state index in [1.807, 2.05) is 0 Å². The maximum absolute atomic E-state index is 5.62. The maximum Gasteiger partial charge on any atom is 0.0488 e. The Balaban J connectivity index is 1.96. The first-order chi connectivity index (χ1) is 6.68. The summed E-state index contributed by atoms with van der Waals surface area (Å²) >= 11 is 0. The minimum atomic E-state index is 0.682. The minimum Gasteiger partial charge on any atom is -0.381 e. The number of hydrogen-bond donors (Lipinski definition) is 0. The summed E-state index contributed by atoms with van der Waals surface area (Å²) in [5.41, 5.74) is 0. The highest BCUT2D eigenvalue weighted by Gasteiger charge is 2.17. The first-order valence-corrected chi connectivity index (χ1v) is 6.26. The molecule has 0 aromatic carbocycles. The van der Waals surface area contributed by atoms with E-state index >= 15 is 0 Å². The van der Waals surface area contributed by atoms with E-state index in [4.69, 9.17) is 4.74 Å². The molecule has 0 radical (unpaired) electrons. The molecule has 0 unspecified atom stereocenters. The molecule has 0 atom stereocenters. The fourth-order valence-corrected chi connectivity index (χ4v) is 2.19. The van der Waals surface area contributed by atoms with E-state index in [9.17, 15) is 0 Å². The lowest BCUT2D eigenvalue weighted by Gasteiger charge is -2.26. The average molecular weight is 198 g/mol. The van der Waals surface area contributed by atoms with Gasteiger partial charge >= 0.3 is 0 Å². The van der Waals surface area contributed by atoms with Gasteiger partial charge in [-0.05, 0) is 24.2 Å². The van der Waals surface area contributed by atoms with Gasteiger partial charge in [-0.1, -0.05) is 46.5 Å². The predicted octanol–water partition coefficient (Wildman–Crippen LogP) is 3.88. The zero-order valence-electron chi connectivity index (χ0n) is 10.1. The zero-order valence-corrected chi connectivity index (χ0v) is 10.1. The highest BCUT2D eigenvalue weighted by Crippen LogP contribution is 2.30. The summed E-state index contributed by atoms with van der Waals surface area (Å²) in [6, 6.07) is 0. The Kier molecular flexibility index (Phi) is 5.54. The Morgan fingerprint density at radius 1 is 1.14 bits per heavy atom. The maximum atomic E-state index is 5.62. The molecule has 1 fully saturated rings. The molecule has 1 aliphatic rings.